The van der Waals surface area contributed by atoms with Gasteiger partial charge in [0, 0.05) is 5.69 Å². The molecule has 0 bridgehead atoms. The van der Waals surface area contributed by atoms with Gasteiger partial charge in [-0.1, -0.05) is 31.4 Å². The molecule has 1 aromatic carbocycles. The number of rotatable bonds is 2. The molecule has 0 aromatic heterocycles. The Morgan fingerprint density at radius 3 is 2.36 bits per heavy atom. The maximum absolute atomic E-state index is 11.8. The van der Waals surface area contributed by atoms with Crippen LogP contribution in [0.25, 0.3) is 0 Å². The summed E-state index contributed by atoms with van der Waals surface area (Å²) in [6.07, 6.45) is 7.96. The molecule has 2 saturated carbocycles. The van der Waals surface area contributed by atoms with Crippen molar-refractivity contribution in [2.75, 3.05) is 5.32 Å². The molecule has 3 nitrogen and oxygen atoms in total. The van der Waals surface area contributed by atoms with E-state index in [2.05, 4.69) is 17.4 Å². The van der Waals surface area contributed by atoms with Crippen molar-refractivity contribution in [3.05, 3.63) is 29.8 Å². The Bertz CT molecular complexity index is 536. The second-order valence-corrected chi connectivity index (χ2v) is 7.93. The Morgan fingerprint density at radius 2 is 1.77 bits per heavy atom. The molecule has 0 radical (unpaired) electrons. The highest BCUT2D eigenvalue weighted by molar-refractivity contribution is 5.84. The van der Waals surface area contributed by atoms with E-state index >= 15 is 0 Å². The number of nitrogens with one attached hydrogen (secondary N) is 1. The highest BCUT2D eigenvalue weighted by atomic mass is 16.6. The van der Waals surface area contributed by atoms with Crippen LogP contribution in [-0.2, 0) is 4.74 Å². The van der Waals surface area contributed by atoms with Gasteiger partial charge in [-0.05, 0) is 69.1 Å². The van der Waals surface area contributed by atoms with Crippen molar-refractivity contribution in [2.45, 2.75) is 70.8 Å². The van der Waals surface area contributed by atoms with Crippen molar-refractivity contribution in [1.29, 1.82) is 0 Å². The predicted octanol–water partition coefficient (Wildman–Crippen LogP) is 5.47. The van der Waals surface area contributed by atoms with Gasteiger partial charge in [0.15, 0.2) is 0 Å². The van der Waals surface area contributed by atoms with E-state index in [-0.39, 0.29) is 0 Å². The van der Waals surface area contributed by atoms with Gasteiger partial charge in [0.25, 0.3) is 0 Å². The van der Waals surface area contributed by atoms with Crippen molar-refractivity contribution in [3.8, 4) is 0 Å². The number of carbonyl (C=O) groups is 1. The second-order valence-electron chi connectivity index (χ2n) is 7.93. The molecule has 3 rings (SSSR count). The molecule has 3 heteroatoms. The van der Waals surface area contributed by atoms with Crippen LogP contribution in [0.1, 0.15) is 70.8 Å². The fourth-order valence-corrected chi connectivity index (χ4v) is 3.85. The molecule has 1 atom stereocenters. The van der Waals surface area contributed by atoms with E-state index < -0.39 is 11.7 Å². The molecule has 0 aliphatic heterocycles. The first-order chi connectivity index (χ1) is 10.4. The summed E-state index contributed by atoms with van der Waals surface area (Å²) in [5, 5.41) is 2.79. The third kappa shape index (κ3) is 3.45. The van der Waals surface area contributed by atoms with Crippen LogP contribution in [-0.4, -0.2) is 11.7 Å². The fourth-order valence-electron chi connectivity index (χ4n) is 3.85. The number of hydrogen-bond acceptors (Lipinski definition) is 2. The van der Waals surface area contributed by atoms with Gasteiger partial charge in [-0.3, -0.25) is 5.32 Å². The first kappa shape index (κ1) is 15.4. The topological polar surface area (TPSA) is 38.3 Å². The Hall–Kier alpha value is -1.51. The van der Waals surface area contributed by atoms with Crippen molar-refractivity contribution in [1.82, 2.24) is 0 Å². The van der Waals surface area contributed by atoms with Gasteiger partial charge < -0.3 is 4.74 Å². The summed E-state index contributed by atoms with van der Waals surface area (Å²) in [6, 6.07) is 8.32. The molecule has 22 heavy (non-hydrogen) atoms. The van der Waals surface area contributed by atoms with E-state index in [4.69, 9.17) is 4.74 Å². The molecule has 1 unspecified atom stereocenters. The van der Waals surface area contributed by atoms with Crippen LogP contribution in [0.15, 0.2) is 24.3 Å². The zero-order chi connectivity index (χ0) is 15.8. The van der Waals surface area contributed by atoms with E-state index in [0.717, 1.165) is 11.6 Å². The molecule has 2 aliphatic rings. The van der Waals surface area contributed by atoms with Gasteiger partial charge in [0.1, 0.15) is 5.60 Å². The first-order valence-electron chi connectivity index (χ1n) is 8.48. The maximum Gasteiger partial charge on any atom is 0.412 e. The molecule has 1 spiro atoms. The summed E-state index contributed by atoms with van der Waals surface area (Å²) in [7, 11) is 0. The highest BCUT2D eigenvalue weighted by Gasteiger charge is 2.53. The lowest BCUT2D eigenvalue weighted by Crippen LogP contribution is -2.27. The average Bonchev–Trinajstić information content (AvgIpc) is 3.11. The number of anilines is 1. The minimum absolute atomic E-state index is 0.393. The molecule has 2 aliphatic carbocycles. The summed E-state index contributed by atoms with van der Waals surface area (Å²) in [4.78, 5) is 11.8. The number of benzene rings is 1. The third-order valence-electron chi connectivity index (χ3n) is 5.00. The largest absolute Gasteiger partial charge is 0.444 e. The zero-order valence-electron chi connectivity index (χ0n) is 13.9. The Balaban J connectivity index is 1.58. The maximum atomic E-state index is 11.8. The van der Waals surface area contributed by atoms with Crippen LogP contribution < -0.4 is 5.32 Å². The van der Waals surface area contributed by atoms with Crippen LogP contribution in [0, 0.1) is 5.41 Å². The highest BCUT2D eigenvalue weighted by Crippen LogP contribution is 2.66. The normalized spacial score (nSPS) is 23.1. The fraction of sp³-hybridized carbons (Fsp3) is 0.632. The molecule has 120 valence electrons. The molecular formula is C19H27NO2. The van der Waals surface area contributed by atoms with E-state index in [0.29, 0.717) is 5.41 Å². The molecule has 1 N–H and O–H groups in total. The van der Waals surface area contributed by atoms with Crippen LogP contribution in [0.5, 0.6) is 0 Å². The van der Waals surface area contributed by atoms with E-state index in [9.17, 15) is 4.79 Å². The Kier molecular flexibility index (Phi) is 3.92. The summed E-state index contributed by atoms with van der Waals surface area (Å²) >= 11 is 0. The SMILES string of the molecule is CC(C)(C)OC(=O)Nc1ccc(C2CC23CCCCC3)cc1. The lowest BCUT2D eigenvalue weighted by molar-refractivity contribution is 0.0636. The van der Waals surface area contributed by atoms with Gasteiger partial charge in [0.05, 0.1) is 0 Å². The Morgan fingerprint density at radius 1 is 1.14 bits per heavy atom. The van der Waals surface area contributed by atoms with Crippen LogP contribution in [0.3, 0.4) is 0 Å². The van der Waals surface area contributed by atoms with Crippen molar-refractivity contribution in [2.24, 2.45) is 5.41 Å². The van der Waals surface area contributed by atoms with Gasteiger partial charge in [-0.2, -0.15) is 0 Å². The van der Waals surface area contributed by atoms with Crippen LogP contribution in [0.2, 0.25) is 0 Å². The average molecular weight is 301 g/mol. The molecule has 0 heterocycles. The quantitative estimate of drug-likeness (QED) is 0.786. The summed E-state index contributed by atoms with van der Waals surface area (Å²) in [6.45, 7) is 5.60. The number of amides is 1. The Labute approximate surface area is 133 Å². The van der Waals surface area contributed by atoms with Crippen LogP contribution >= 0.6 is 0 Å². The first-order valence-corrected chi connectivity index (χ1v) is 8.48. The number of hydrogen-bond donors (Lipinski definition) is 1. The van der Waals surface area contributed by atoms with E-state index in [1.54, 1.807) is 0 Å². The molecule has 0 saturated heterocycles. The van der Waals surface area contributed by atoms with Gasteiger partial charge in [-0.25, -0.2) is 4.79 Å². The van der Waals surface area contributed by atoms with Crippen molar-refractivity contribution in [3.63, 3.8) is 0 Å². The smallest absolute Gasteiger partial charge is 0.412 e. The number of carbonyl (C=O) groups excluding carboxylic acids is 1. The minimum atomic E-state index is -0.467. The predicted molar refractivity (Wildman–Crippen MR) is 89.2 cm³/mol. The lowest BCUT2D eigenvalue weighted by atomic mass is 9.83. The van der Waals surface area contributed by atoms with Crippen LogP contribution in [0.4, 0.5) is 10.5 Å². The van der Waals surface area contributed by atoms with Gasteiger partial charge in [0.2, 0.25) is 0 Å². The van der Waals surface area contributed by atoms with E-state index in [1.165, 1.54) is 44.1 Å². The molecule has 1 amide bonds. The molecule has 2 fully saturated rings. The molecular weight excluding hydrogens is 274 g/mol. The number of ether oxygens (including phenoxy) is 1. The lowest BCUT2D eigenvalue weighted by Gasteiger charge is -2.22. The summed E-state index contributed by atoms with van der Waals surface area (Å²) in [5.74, 6) is 0.739. The van der Waals surface area contributed by atoms with Gasteiger partial charge in [-0.15, -0.1) is 0 Å². The third-order valence-corrected chi connectivity index (χ3v) is 5.00. The standard InChI is InChI=1S/C19H27NO2/c1-18(2,3)22-17(21)20-15-9-7-14(8-10-15)16-13-19(16)11-5-4-6-12-19/h7-10,16H,4-6,11-13H2,1-3H3,(H,20,21). The molecule has 1 aromatic rings. The van der Waals surface area contributed by atoms with Crippen molar-refractivity contribution >= 4 is 11.8 Å². The monoisotopic (exact) mass is 301 g/mol. The summed E-state index contributed by atoms with van der Waals surface area (Å²) in [5.41, 5.74) is 2.37. The second kappa shape index (κ2) is 5.60. The summed E-state index contributed by atoms with van der Waals surface area (Å²) < 4.78 is 5.27. The minimum Gasteiger partial charge on any atom is -0.444 e. The van der Waals surface area contributed by atoms with E-state index in [1.807, 2.05) is 32.9 Å². The van der Waals surface area contributed by atoms with Gasteiger partial charge >= 0.3 is 6.09 Å². The zero-order valence-corrected chi connectivity index (χ0v) is 13.9. The van der Waals surface area contributed by atoms with Crippen molar-refractivity contribution < 1.29 is 9.53 Å².